The molecule has 2 heterocycles. The number of nitrogens with two attached hydrogens (primary N) is 1. The van der Waals surface area contributed by atoms with Gasteiger partial charge in [0.1, 0.15) is 5.69 Å². The minimum atomic E-state index is -3.01. The minimum absolute atomic E-state index is 0.0448. The Morgan fingerprint density at radius 2 is 2.24 bits per heavy atom. The van der Waals surface area contributed by atoms with Crippen LogP contribution in [0.15, 0.2) is 6.07 Å². The molecule has 0 aromatic carbocycles. The number of rotatable bonds is 3. The molecule has 0 aliphatic carbocycles. The number of aromatic nitrogens is 4. The average Bonchev–Trinajstić information content (AvgIpc) is 2.82. The van der Waals surface area contributed by atoms with Crippen LogP contribution in [0.3, 0.4) is 0 Å². The second kappa shape index (κ2) is 4.01. The first kappa shape index (κ1) is 11.3. The SMILES string of the molecule is Nc1nnc(-c2cc([N+](=O)[O-])nn2C(F)F)s1. The van der Waals surface area contributed by atoms with Crippen molar-refractivity contribution >= 4 is 22.3 Å². The lowest BCUT2D eigenvalue weighted by Crippen LogP contribution is -2.03. The van der Waals surface area contributed by atoms with E-state index in [-0.39, 0.29) is 20.5 Å². The smallest absolute Gasteiger partial charge is 0.374 e. The van der Waals surface area contributed by atoms with Gasteiger partial charge >= 0.3 is 12.4 Å². The molecule has 2 N–H and O–H groups in total. The Kier molecular flexibility index (Phi) is 2.67. The van der Waals surface area contributed by atoms with Crippen molar-refractivity contribution in [2.45, 2.75) is 6.55 Å². The first-order chi connectivity index (χ1) is 7.99. The van der Waals surface area contributed by atoms with Crippen molar-refractivity contribution in [1.29, 1.82) is 0 Å². The van der Waals surface area contributed by atoms with Crippen molar-refractivity contribution in [3.05, 3.63) is 16.2 Å². The summed E-state index contributed by atoms with van der Waals surface area (Å²) in [6.45, 7) is -3.01. The summed E-state index contributed by atoms with van der Waals surface area (Å²) < 4.78 is 25.4. The van der Waals surface area contributed by atoms with E-state index in [1.165, 1.54) is 0 Å². The van der Waals surface area contributed by atoms with Gasteiger partial charge in [-0.25, -0.2) is 0 Å². The van der Waals surface area contributed by atoms with Crippen LogP contribution in [0.2, 0.25) is 0 Å². The second-order valence-corrected chi connectivity index (χ2v) is 3.82. The molecule has 17 heavy (non-hydrogen) atoms. The molecule has 90 valence electrons. The largest absolute Gasteiger partial charge is 0.390 e. The highest BCUT2D eigenvalue weighted by molar-refractivity contribution is 7.18. The van der Waals surface area contributed by atoms with Gasteiger partial charge in [-0.1, -0.05) is 11.3 Å². The van der Waals surface area contributed by atoms with Gasteiger partial charge in [-0.05, 0) is 4.92 Å². The zero-order valence-corrected chi connectivity index (χ0v) is 8.77. The Hall–Kier alpha value is -2.17. The van der Waals surface area contributed by atoms with Crippen molar-refractivity contribution in [3.8, 4) is 10.7 Å². The number of halogens is 2. The van der Waals surface area contributed by atoms with Crippen molar-refractivity contribution in [1.82, 2.24) is 20.0 Å². The lowest BCUT2D eigenvalue weighted by Gasteiger charge is -1.96. The summed E-state index contributed by atoms with van der Waals surface area (Å²) >= 11 is 0.836. The quantitative estimate of drug-likeness (QED) is 0.658. The van der Waals surface area contributed by atoms with E-state index >= 15 is 0 Å². The maximum atomic E-state index is 12.6. The van der Waals surface area contributed by atoms with Crippen molar-refractivity contribution in [2.75, 3.05) is 5.73 Å². The number of hydrogen-bond acceptors (Lipinski definition) is 7. The van der Waals surface area contributed by atoms with E-state index in [2.05, 4.69) is 15.3 Å². The highest BCUT2D eigenvalue weighted by Gasteiger charge is 2.26. The van der Waals surface area contributed by atoms with E-state index in [1.54, 1.807) is 0 Å². The molecule has 0 aliphatic rings. The fraction of sp³-hybridized carbons (Fsp3) is 0.167. The van der Waals surface area contributed by atoms with Gasteiger partial charge in [0.15, 0.2) is 5.01 Å². The minimum Gasteiger partial charge on any atom is -0.374 e. The molecule has 0 saturated carbocycles. The Morgan fingerprint density at radius 1 is 1.53 bits per heavy atom. The van der Waals surface area contributed by atoms with E-state index in [1.807, 2.05) is 0 Å². The average molecular weight is 262 g/mol. The summed E-state index contributed by atoms with van der Waals surface area (Å²) in [4.78, 5) is 9.58. The predicted octanol–water partition coefficient (Wildman–Crippen LogP) is 1.29. The molecular weight excluding hydrogens is 258 g/mol. The van der Waals surface area contributed by atoms with Crippen molar-refractivity contribution in [2.24, 2.45) is 0 Å². The van der Waals surface area contributed by atoms with Crippen LogP contribution in [0.4, 0.5) is 19.7 Å². The molecule has 0 saturated heterocycles. The van der Waals surface area contributed by atoms with Crippen molar-refractivity contribution in [3.63, 3.8) is 0 Å². The maximum absolute atomic E-state index is 12.6. The summed E-state index contributed by atoms with van der Waals surface area (Å²) in [5.41, 5.74) is 5.11. The number of nitrogens with zero attached hydrogens (tertiary/aromatic N) is 5. The summed E-state index contributed by atoms with van der Waals surface area (Å²) in [5.74, 6) is -0.686. The van der Waals surface area contributed by atoms with Crippen LogP contribution in [-0.2, 0) is 0 Å². The number of nitro groups is 1. The van der Waals surface area contributed by atoms with Crippen LogP contribution >= 0.6 is 11.3 Å². The zero-order valence-electron chi connectivity index (χ0n) is 7.95. The highest BCUT2D eigenvalue weighted by Crippen LogP contribution is 2.30. The van der Waals surface area contributed by atoms with Gasteiger partial charge in [0.05, 0.1) is 11.2 Å². The lowest BCUT2D eigenvalue weighted by molar-refractivity contribution is -0.390. The molecule has 0 amide bonds. The van der Waals surface area contributed by atoms with Crippen LogP contribution in [0.1, 0.15) is 6.55 Å². The molecule has 2 aromatic rings. The number of alkyl halides is 2. The Morgan fingerprint density at radius 3 is 2.71 bits per heavy atom. The summed E-state index contributed by atoms with van der Waals surface area (Å²) in [7, 11) is 0. The van der Waals surface area contributed by atoms with E-state index in [9.17, 15) is 18.9 Å². The van der Waals surface area contributed by atoms with Gasteiger partial charge in [0.2, 0.25) is 5.13 Å². The summed E-state index contributed by atoms with van der Waals surface area (Å²) in [6.07, 6.45) is 0. The third kappa shape index (κ3) is 2.04. The van der Waals surface area contributed by atoms with Crippen LogP contribution in [-0.4, -0.2) is 24.9 Å². The van der Waals surface area contributed by atoms with Gasteiger partial charge < -0.3 is 15.8 Å². The van der Waals surface area contributed by atoms with E-state index in [0.29, 0.717) is 0 Å². The van der Waals surface area contributed by atoms with Crippen LogP contribution in [0, 0.1) is 10.1 Å². The number of nitrogen functional groups attached to an aromatic ring is 1. The predicted molar refractivity (Wildman–Crippen MR) is 53.4 cm³/mol. The van der Waals surface area contributed by atoms with Crippen LogP contribution in [0.25, 0.3) is 10.7 Å². The third-order valence-corrected chi connectivity index (χ3v) is 2.53. The Balaban J connectivity index is 2.55. The zero-order chi connectivity index (χ0) is 12.6. The Labute approximate surface area is 95.8 Å². The lowest BCUT2D eigenvalue weighted by atomic mass is 10.4. The van der Waals surface area contributed by atoms with Gasteiger partial charge in [-0.3, -0.25) is 0 Å². The Bertz CT molecular complexity index is 567. The monoisotopic (exact) mass is 262 g/mol. The topological polar surface area (TPSA) is 113 Å². The number of hydrogen-bond donors (Lipinski definition) is 1. The second-order valence-electron chi connectivity index (χ2n) is 2.81. The normalized spacial score (nSPS) is 11.0. The number of anilines is 1. The molecule has 0 spiro atoms. The molecule has 8 nitrogen and oxygen atoms in total. The van der Waals surface area contributed by atoms with Crippen LogP contribution < -0.4 is 5.73 Å². The summed E-state index contributed by atoms with van der Waals surface area (Å²) in [5, 5.41) is 20.7. The first-order valence-corrected chi connectivity index (χ1v) is 4.92. The fourth-order valence-corrected chi connectivity index (χ4v) is 1.74. The molecule has 0 bridgehead atoms. The maximum Gasteiger partial charge on any atom is 0.390 e. The van der Waals surface area contributed by atoms with Crippen LogP contribution in [0.5, 0.6) is 0 Å². The van der Waals surface area contributed by atoms with Gasteiger partial charge in [-0.2, -0.15) is 8.78 Å². The third-order valence-electron chi connectivity index (χ3n) is 1.75. The molecule has 2 rings (SSSR count). The molecule has 2 aromatic heterocycles. The van der Waals surface area contributed by atoms with E-state index in [4.69, 9.17) is 5.73 Å². The first-order valence-electron chi connectivity index (χ1n) is 4.10. The van der Waals surface area contributed by atoms with Crippen molar-refractivity contribution < 1.29 is 13.7 Å². The molecule has 0 aliphatic heterocycles. The van der Waals surface area contributed by atoms with Gasteiger partial charge in [0.25, 0.3) is 0 Å². The highest BCUT2D eigenvalue weighted by atomic mass is 32.1. The molecule has 0 fully saturated rings. The van der Waals surface area contributed by atoms with Gasteiger partial charge in [0, 0.05) is 0 Å². The molecule has 0 atom stereocenters. The van der Waals surface area contributed by atoms with E-state index in [0.717, 1.165) is 17.4 Å². The standard InChI is InChI=1S/C6H4F2N6O2S/c7-5(8)13-2(1-3(12-13)14(15)16)4-10-11-6(9)17-4/h1,5H,(H2,9,11). The molecular formula is C6H4F2N6O2S. The molecule has 0 unspecified atom stereocenters. The van der Waals surface area contributed by atoms with E-state index < -0.39 is 17.3 Å². The van der Waals surface area contributed by atoms with Gasteiger partial charge in [-0.15, -0.1) is 14.9 Å². The summed E-state index contributed by atoms with van der Waals surface area (Å²) in [6, 6.07) is 0.895. The fourth-order valence-electron chi connectivity index (χ4n) is 1.12. The molecule has 0 radical (unpaired) electrons. The molecule has 11 heteroatoms.